The summed E-state index contributed by atoms with van der Waals surface area (Å²) in [6.07, 6.45) is 1.53. The largest absolute Gasteiger partial charge is 0.504 e. The summed E-state index contributed by atoms with van der Waals surface area (Å²) >= 11 is 0. The molecule has 0 spiro atoms. The second-order valence-electron chi connectivity index (χ2n) is 5.05. The molecule has 1 atom stereocenters. The zero-order valence-corrected chi connectivity index (χ0v) is 12.3. The lowest BCUT2D eigenvalue weighted by atomic mass is 10.0. The van der Waals surface area contributed by atoms with Gasteiger partial charge in [0.1, 0.15) is 11.4 Å². The van der Waals surface area contributed by atoms with Crippen molar-refractivity contribution < 1.29 is 19.4 Å². The molecule has 5 nitrogen and oxygen atoms in total. The molecule has 2 rings (SSSR count). The first-order valence-corrected chi connectivity index (χ1v) is 6.95. The third kappa shape index (κ3) is 3.77. The minimum atomic E-state index is -1.10. The van der Waals surface area contributed by atoms with Crippen LogP contribution in [0.2, 0.25) is 0 Å². The molecule has 21 heavy (non-hydrogen) atoms. The molecule has 0 saturated carbocycles. The number of ether oxygens (including phenoxy) is 1. The number of hydrogen-bond donors (Lipinski definition) is 3. The van der Waals surface area contributed by atoms with Crippen molar-refractivity contribution in [3.05, 3.63) is 47.9 Å². The van der Waals surface area contributed by atoms with E-state index in [-0.39, 0.29) is 5.75 Å². The van der Waals surface area contributed by atoms with E-state index in [9.17, 15) is 10.2 Å². The predicted octanol–water partition coefficient (Wildman–Crippen LogP) is 2.38. The quantitative estimate of drug-likeness (QED) is 0.730. The fourth-order valence-corrected chi connectivity index (χ4v) is 2.10. The number of para-hydroxylation sites is 1. The summed E-state index contributed by atoms with van der Waals surface area (Å²) in [4.78, 5) is 0. The predicted molar refractivity (Wildman–Crippen MR) is 79.3 cm³/mol. The third-order valence-electron chi connectivity index (χ3n) is 3.22. The molecule has 0 bridgehead atoms. The average molecular weight is 291 g/mol. The van der Waals surface area contributed by atoms with Crippen molar-refractivity contribution in [1.29, 1.82) is 0 Å². The Labute approximate surface area is 124 Å². The van der Waals surface area contributed by atoms with Crippen molar-refractivity contribution in [2.75, 3.05) is 13.2 Å². The van der Waals surface area contributed by atoms with Gasteiger partial charge in [-0.2, -0.15) is 0 Å². The minimum absolute atomic E-state index is 0.129. The first kappa shape index (κ1) is 15.4. The van der Waals surface area contributed by atoms with Gasteiger partial charge in [0.25, 0.3) is 0 Å². The Morgan fingerprint density at radius 3 is 2.76 bits per heavy atom. The van der Waals surface area contributed by atoms with E-state index in [1.807, 2.05) is 19.1 Å². The molecule has 0 aliphatic heterocycles. The summed E-state index contributed by atoms with van der Waals surface area (Å²) in [6, 6.07) is 8.83. The molecule has 3 N–H and O–H groups in total. The molecule has 0 aliphatic carbocycles. The lowest BCUT2D eigenvalue weighted by molar-refractivity contribution is 0.0340. The summed E-state index contributed by atoms with van der Waals surface area (Å²) in [5, 5.41) is 23.5. The lowest BCUT2D eigenvalue weighted by Gasteiger charge is -2.21. The topological polar surface area (TPSA) is 74.9 Å². The number of benzene rings is 1. The monoisotopic (exact) mass is 291 g/mol. The molecule has 2 aromatic rings. The van der Waals surface area contributed by atoms with Crippen molar-refractivity contribution >= 4 is 0 Å². The molecule has 0 amide bonds. The van der Waals surface area contributed by atoms with Crippen LogP contribution in [0.5, 0.6) is 11.5 Å². The van der Waals surface area contributed by atoms with E-state index in [4.69, 9.17) is 9.15 Å². The number of phenols is 1. The molecule has 0 fully saturated rings. The van der Waals surface area contributed by atoms with E-state index in [2.05, 4.69) is 5.32 Å². The maximum absolute atomic E-state index is 10.3. The fraction of sp³-hybridized carbons (Fsp3) is 0.375. The second kappa shape index (κ2) is 6.65. The van der Waals surface area contributed by atoms with E-state index in [1.54, 1.807) is 25.1 Å². The fourth-order valence-electron chi connectivity index (χ4n) is 2.10. The molecule has 0 saturated heterocycles. The summed E-state index contributed by atoms with van der Waals surface area (Å²) in [5.74, 6) is 1.10. The van der Waals surface area contributed by atoms with Gasteiger partial charge < -0.3 is 24.7 Å². The zero-order valence-electron chi connectivity index (χ0n) is 12.3. The van der Waals surface area contributed by atoms with Crippen LogP contribution in [0.1, 0.15) is 25.2 Å². The molecule has 1 aromatic heterocycles. The molecule has 0 aliphatic rings. The number of phenolic OH excluding ortho intramolecular Hbond substituents is 1. The van der Waals surface area contributed by atoms with Gasteiger partial charge >= 0.3 is 0 Å². The Kier molecular flexibility index (Phi) is 4.88. The third-order valence-corrected chi connectivity index (χ3v) is 3.22. The van der Waals surface area contributed by atoms with Gasteiger partial charge in [-0.1, -0.05) is 12.1 Å². The van der Waals surface area contributed by atoms with Gasteiger partial charge in [-0.3, -0.25) is 0 Å². The maximum atomic E-state index is 10.3. The highest BCUT2D eigenvalue weighted by Crippen LogP contribution is 2.29. The molecule has 1 heterocycles. The van der Waals surface area contributed by atoms with Gasteiger partial charge in [-0.15, -0.1) is 0 Å². The summed E-state index contributed by atoms with van der Waals surface area (Å²) < 4.78 is 10.6. The van der Waals surface area contributed by atoms with Crippen LogP contribution in [0.25, 0.3) is 0 Å². The summed E-state index contributed by atoms with van der Waals surface area (Å²) in [7, 11) is 0. The van der Waals surface area contributed by atoms with Crippen molar-refractivity contribution in [2.45, 2.75) is 26.0 Å². The number of rotatable bonds is 7. The molecule has 0 radical (unpaired) electrons. The van der Waals surface area contributed by atoms with Crippen LogP contribution in [0.3, 0.4) is 0 Å². The van der Waals surface area contributed by atoms with Crippen LogP contribution in [0.4, 0.5) is 0 Å². The minimum Gasteiger partial charge on any atom is -0.504 e. The van der Waals surface area contributed by atoms with Crippen LogP contribution in [-0.2, 0) is 12.1 Å². The van der Waals surface area contributed by atoms with Crippen molar-refractivity contribution in [3.8, 4) is 11.5 Å². The van der Waals surface area contributed by atoms with Crippen molar-refractivity contribution in [1.82, 2.24) is 5.32 Å². The molecular weight excluding hydrogens is 270 g/mol. The van der Waals surface area contributed by atoms with Crippen LogP contribution in [0, 0.1) is 0 Å². The Bertz CT molecular complexity index is 564. The Hall–Kier alpha value is -1.98. The number of nitrogens with one attached hydrogen (secondary N) is 1. The maximum Gasteiger partial charge on any atom is 0.162 e. The Balaban J connectivity index is 1.96. The first-order valence-electron chi connectivity index (χ1n) is 6.95. The number of furan rings is 1. The van der Waals surface area contributed by atoms with E-state index in [0.717, 1.165) is 5.56 Å². The van der Waals surface area contributed by atoms with Crippen LogP contribution in [0.15, 0.2) is 41.0 Å². The Morgan fingerprint density at radius 1 is 1.29 bits per heavy atom. The van der Waals surface area contributed by atoms with E-state index in [0.29, 0.717) is 31.2 Å². The van der Waals surface area contributed by atoms with Crippen molar-refractivity contribution in [2.24, 2.45) is 0 Å². The van der Waals surface area contributed by atoms with Gasteiger partial charge in [0.05, 0.1) is 12.9 Å². The van der Waals surface area contributed by atoms with Crippen LogP contribution in [-0.4, -0.2) is 23.4 Å². The molecule has 1 aromatic carbocycles. The zero-order chi connectivity index (χ0) is 15.3. The lowest BCUT2D eigenvalue weighted by Crippen LogP contribution is -2.34. The number of aliphatic hydroxyl groups is 1. The standard InChI is InChI=1S/C16H21NO4/c1-3-20-13-7-4-6-12(15(13)18)10-17-11-16(2,19)14-8-5-9-21-14/h4-9,17-19H,3,10-11H2,1-2H3. The summed E-state index contributed by atoms with van der Waals surface area (Å²) in [5.41, 5.74) is -0.382. The molecular formula is C16H21NO4. The summed E-state index contributed by atoms with van der Waals surface area (Å²) in [6.45, 7) is 4.76. The van der Waals surface area contributed by atoms with E-state index in [1.165, 1.54) is 6.26 Å². The van der Waals surface area contributed by atoms with Crippen molar-refractivity contribution in [3.63, 3.8) is 0 Å². The molecule has 114 valence electrons. The normalized spacial score (nSPS) is 13.9. The molecule has 1 unspecified atom stereocenters. The SMILES string of the molecule is CCOc1cccc(CNCC(C)(O)c2ccco2)c1O. The molecule has 5 heteroatoms. The highest BCUT2D eigenvalue weighted by molar-refractivity contribution is 5.45. The smallest absolute Gasteiger partial charge is 0.162 e. The van der Waals surface area contributed by atoms with Crippen LogP contribution >= 0.6 is 0 Å². The second-order valence-corrected chi connectivity index (χ2v) is 5.05. The van der Waals surface area contributed by atoms with Gasteiger partial charge in [-0.05, 0) is 32.0 Å². The van der Waals surface area contributed by atoms with E-state index >= 15 is 0 Å². The average Bonchev–Trinajstić information content (AvgIpc) is 2.98. The van der Waals surface area contributed by atoms with Crippen LogP contribution < -0.4 is 10.1 Å². The number of aromatic hydroxyl groups is 1. The van der Waals surface area contributed by atoms with Gasteiger partial charge in [0, 0.05) is 18.7 Å². The Morgan fingerprint density at radius 2 is 2.10 bits per heavy atom. The van der Waals surface area contributed by atoms with Gasteiger partial charge in [-0.25, -0.2) is 0 Å². The first-order chi connectivity index (χ1) is 10.0. The number of hydrogen-bond acceptors (Lipinski definition) is 5. The van der Waals surface area contributed by atoms with Gasteiger partial charge in [0.15, 0.2) is 11.5 Å². The van der Waals surface area contributed by atoms with Gasteiger partial charge in [0.2, 0.25) is 0 Å². The highest BCUT2D eigenvalue weighted by atomic mass is 16.5. The highest BCUT2D eigenvalue weighted by Gasteiger charge is 2.25. The van der Waals surface area contributed by atoms with E-state index < -0.39 is 5.60 Å².